The summed E-state index contributed by atoms with van der Waals surface area (Å²) in [5.74, 6) is -1.21. The number of rotatable bonds is 6. The smallest absolute Gasteiger partial charge is 0.305 e. The maximum Gasteiger partial charge on any atom is 0.305 e. The molecule has 0 aliphatic carbocycles. The fourth-order valence-corrected chi connectivity index (χ4v) is 1.86. The van der Waals surface area contributed by atoms with Crippen molar-refractivity contribution in [1.29, 1.82) is 0 Å². The first kappa shape index (κ1) is 14.7. The number of benzene rings is 1. The second-order valence-electron chi connectivity index (χ2n) is 4.54. The van der Waals surface area contributed by atoms with Crippen LogP contribution in [0.3, 0.4) is 0 Å². The van der Waals surface area contributed by atoms with E-state index >= 15 is 0 Å². The highest BCUT2D eigenvalue weighted by Crippen LogP contribution is 2.11. The zero-order valence-electron chi connectivity index (χ0n) is 11.6. The monoisotopic (exact) mass is 288 g/mol. The first-order valence-electron chi connectivity index (χ1n) is 6.53. The molecule has 0 spiro atoms. The zero-order valence-corrected chi connectivity index (χ0v) is 11.6. The van der Waals surface area contributed by atoms with Gasteiger partial charge in [-0.1, -0.05) is 23.4 Å². The molecule has 0 saturated carbocycles. The van der Waals surface area contributed by atoms with E-state index < -0.39 is 5.97 Å². The number of nitrogens with zero attached hydrogens (tertiary/aromatic N) is 3. The minimum atomic E-state index is -0.943. The third-order valence-corrected chi connectivity index (χ3v) is 2.98. The van der Waals surface area contributed by atoms with Crippen LogP contribution in [0.15, 0.2) is 30.3 Å². The summed E-state index contributed by atoms with van der Waals surface area (Å²) in [4.78, 5) is 22.1. The van der Waals surface area contributed by atoms with Crippen LogP contribution in [0.5, 0.6) is 0 Å². The number of amides is 1. The van der Waals surface area contributed by atoms with Crippen LogP contribution in [0, 0.1) is 6.92 Å². The number of hydrogen-bond acceptors (Lipinski definition) is 4. The van der Waals surface area contributed by atoms with E-state index in [0.717, 1.165) is 11.4 Å². The van der Waals surface area contributed by atoms with Gasteiger partial charge in [0.25, 0.3) is 0 Å². The average Bonchev–Trinajstić information content (AvgIpc) is 2.81. The Labute approximate surface area is 121 Å². The third kappa shape index (κ3) is 3.88. The summed E-state index contributed by atoms with van der Waals surface area (Å²) >= 11 is 0. The fourth-order valence-electron chi connectivity index (χ4n) is 1.86. The van der Waals surface area contributed by atoms with E-state index in [0.29, 0.717) is 5.69 Å². The van der Waals surface area contributed by atoms with Gasteiger partial charge in [-0.05, 0) is 19.1 Å². The number of carbonyl (C=O) groups is 2. The van der Waals surface area contributed by atoms with Crippen LogP contribution in [-0.2, 0) is 16.0 Å². The number of carbonyl (C=O) groups excluding carboxylic acids is 1. The van der Waals surface area contributed by atoms with E-state index in [1.54, 1.807) is 4.68 Å². The van der Waals surface area contributed by atoms with Gasteiger partial charge in [0.15, 0.2) is 0 Å². The second kappa shape index (κ2) is 6.65. The number of para-hydroxylation sites is 1. The van der Waals surface area contributed by atoms with E-state index in [1.165, 1.54) is 0 Å². The maximum absolute atomic E-state index is 11.7. The number of carboxylic acids is 1. The van der Waals surface area contributed by atoms with Gasteiger partial charge in [0.05, 0.1) is 29.9 Å². The Morgan fingerprint density at radius 3 is 2.67 bits per heavy atom. The molecule has 0 unspecified atom stereocenters. The number of hydrogen-bond donors (Lipinski definition) is 2. The normalized spacial score (nSPS) is 10.3. The van der Waals surface area contributed by atoms with Crippen molar-refractivity contribution in [3.8, 4) is 5.69 Å². The topological polar surface area (TPSA) is 97.1 Å². The molecule has 110 valence electrons. The highest BCUT2D eigenvalue weighted by Gasteiger charge is 2.13. The first-order valence-corrected chi connectivity index (χ1v) is 6.53. The fraction of sp³-hybridized carbons (Fsp3) is 0.286. The molecule has 1 aromatic heterocycles. The van der Waals surface area contributed by atoms with Crippen LogP contribution >= 0.6 is 0 Å². The largest absolute Gasteiger partial charge is 0.481 e. The lowest BCUT2D eigenvalue weighted by Gasteiger charge is -2.04. The van der Waals surface area contributed by atoms with Gasteiger partial charge in [0.2, 0.25) is 5.91 Å². The zero-order chi connectivity index (χ0) is 15.2. The lowest BCUT2D eigenvalue weighted by atomic mass is 10.2. The Morgan fingerprint density at radius 2 is 2.00 bits per heavy atom. The van der Waals surface area contributed by atoms with Gasteiger partial charge in [-0.15, -0.1) is 5.10 Å². The van der Waals surface area contributed by atoms with Crippen molar-refractivity contribution in [2.24, 2.45) is 0 Å². The van der Waals surface area contributed by atoms with Crippen LogP contribution in [0.1, 0.15) is 17.8 Å². The predicted molar refractivity (Wildman–Crippen MR) is 75.1 cm³/mol. The van der Waals surface area contributed by atoms with Crippen LogP contribution in [0.2, 0.25) is 0 Å². The van der Waals surface area contributed by atoms with E-state index in [-0.39, 0.29) is 25.3 Å². The highest BCUT2D eigenvalue weighted by molar-refractivity contribution is 5.79. The average molecular weight is 288 g/mol. The molecule has 7 heteroatoms. The van der Waals surface area contributed by atoms with E-state index in [4.69, 9.17) is 5.11 Å². The minimum absolute atomic E-state index is 0.0816. The Hall–Kier alpha value is -2.70. The maximum atomic E-state index is 11.7. The molecule has 0 fully saturated rings. The first-order chi connectivity index (χ1) is 10.1. The summed E-state index contributed by atoms with van der Waals surface area (Å²) in [6.07, 6.45) is -0.0142. The Morgan fingerprint density at radius 1 is 1.29 bits per heavy atom. The third-order valence-electron chi connectivity index (χ3n) is 2.98. The SMILES string of the molecule is Cc1c(CC(=O)NCCC(=O)O)nnn1-c1ccccc1. The minimum Gasteiger partial charge on any atom is -0.481 e. The molecule has 0 atom stereocenters. The quantitative estimate of drug-likeness (QED) is 0.816. The molecule has 7 nitrogen and oxygen atoms in total. The molecule has 2 rings (SSSR count). The number of carboxylic acid groups (broad SMARTS) is 1. The molecule has 1 aromatic carbocycles. The van der Waals surface area contributed by atoms with Crippen molar-refractivity contribution >= 4 is 11.9 Å². The summed E-state index contributed by atoms with van der Waals surface area (Å²) in [7, 11) is 0. The standard InChI is InChI=1S/C14H16N4O3/c1-10-12(9-13(19)15-8-7-14(20)21)16-17-18(10)11-5-3-2-4-6-11/h2-6H,7-9H2,1H3,(H,15,19)(H,20,21). The molecule has 0 aliphatic heterocycles. The number of nitrogens with one attached hydrogen (secondary N) is 1. The molecule has 0 aliphatic rings. The lowest BCUT2D eigenvalue weighted by molar-refractivity contribution is -0.136. The lowest BCUT2D eigenvalue weighted by Crippen LogP contribution is -2.27. The molecular weight excluding hydrogens is 272 g/mol. The van der Waals surface area contributed by atoms with Gasteiger partial charge in [-0.2, -0.15) is 0 Å². The molecule has 21 heavy (non-hydrogen) atoms. The van der Waals surface area contributed by atoms with Gasteiger partial charge >= 0.3 is 5.97 Å². The Kier molecular flexibility index (Phi) is 4.65. The van der Waals surface area contributed by atoms with Crippen molar-refractivity contribution in [3.05, 3.63) is 41.7 Å². The Balaban J connectivity index is 2.01. The molecule has 0 bridgehead atoms. The van der Waals surface area contributed by atoms with E-state index in [2.05, 4.69) is 15.6 Å². The van der Waals surface area contributed by atoms with Gasteiger partial charge in [0, 0.05) is 6.54 Å². The van der Waals surface area contributed by atoms with Crippen molar-refractivity contribution in [1.82, 2.24) is 20.3 Å². The number of aliphatic carboxylic acids is 1. The Bertz CT molecular complexity index is 637. The van der Waals surface area contributed by atoms with Gasteiger partial charge in [-0.3, -0.25) is 9.59 Å². The van der Waals surface area contributed by atoms with E-state index in [1.807, 2.05) is 37.3 Å². The molecule has 1 amide bonds. The summed E-state index contributed by atoms with van der Waals surface area (Å²) in [6, 6.07) is 9.51. The van der Waals surface area contributed by atoms with Crippen molar-refractivity contribution in [2.75, 3.05) is 6.54 Å². The molecule has 1 heterocycles. The summed E-state index contributed by atoms with van der Waals surface area (Å²) in [5, 5.41) is 19.1. The summed E-state index contributed by atoms with van der Waals surface area (Å²) < 4.78 is 1.67. The predicted octanol–water partition coefficient (Wildman–Crippen LogP) is 0.709. The molecule has 2 aromatic rings. The van der Waals surface area contributed by atoms with Crippen LogP contribution < -0.4 is 5.32 Å². The van der Waals surface area contributed by atoms with Crippen molar-refractivity contribution in [3.63, 3.8) is 0 Å². The van der Waals surface area contributed by atoms with Crippen LogP contribution in [0.4, 0.5) is 0 Å². The molecule has 0 radical (unpaired) electrons. The van der Waals surface area contributed by atoms with Gasteiger partial charge in [-0.25, -0.2) is 4.68 Å². The molecule has 0 saturated heterocycles. The van der Waals surface area contributed by atoms with Gasteiger partial charge < -0.3 is 10.4 Å². The second-order valence-corrected chi connectivity index (χ2v) is 4.54. The van der Waals surface area contributed by atoms with E-state index in [9.17, 15) is 9.59 Å². The highest BCUT2D eigenvalue weighted by atomic mass is 16.4. The van der Waals surface area contributed by atoms with Crippen LogP contribution in [-0.4, -0.2) is 38.5 Å². The summed E-state index contributed by atoms with van der Waals surface area (Å²) in [5.41, 5.74) is 2.24. The summed E-state index contributed by atoms with van der Waals surface area (Å²) in [6.45, 7) is 1.95. The van der Waals surface area contributed by atoms with Crippen LogP contribution in [0.25, 0.3) is 5.69 Å². The molecule has 2 N–H and O–H groups in total. The van der Waals surface area contributed by atoms with Crippen molar-refractivity contribution in [2.45, 2.75) is 19.8 Å². The van der Waals surface area contributed by atoms with Crippen molar-refractivity contribution < 1.29 is 14.7 Å². The van der Waals surface area contributed by atoms with Gasteiger partial charge in [0.1, 0.15) is 0 Å². The number of aromatic nitrogens is 3. The molecular formula is C14H16N4O3.